The quantitative estimate of drug-likeness (QED) is 0.575. The molecule has 3 aromatic rings. The summed E-state index contributed by atoms with van der Waals surface area (Å²) in [5.74, 6) is 0. The lowest BCUT2D eigenvalue weighted by molar-refractivity contribution is 0.141. The molecule has 2 aromatic heterocycles. The average Bonchev–Trinajstić information content (AvgIpc) is 3.42. The van der Waals surface area contributed by atoms with E-state index in [-0.39, 0.29) is 11.7 Å². The topological polar surface area (TPSA) is 85.3 Å². The van der Waals surface area contributed by atoms with Crippen LogP contribution in [-0.2, 0) is 17.8 Å². The molecule has 2 aliphatic rings. The molecule has 0 unspecified atom stereocenters. The molecule has 0 saturated carbocycles. The number of nitrogens with zero attached hydrogens (tertiary/aromatic N) is 4. The van der Waals surface area contributed by atoms with E-state index in [1.54, 1.807) is 17.9 Å². The van der Waals surface area contributed by atoms with Gasteiger partial charge in [0.05, 0.1) is 19.3 Å². The summed E-state index contributed by atoms with van der Waals surface area (Å²) in [6, 6.07) is 10.4. The van der Waals surface area contributed by atoms with Gasteiger partial charge in [-0.05, 0) is 36.8 Å². The lowest BCUT2D eigenvalue weighted by atomic mass is 10.0. The molecule has 0 atom stereocenters. The van der Waals surface area contributed by atoms with Crippen LogP contribution in [0.1, 0.15) is 36.8 Å². The minimum absolute atomic E-state index is 0.203. The van der Waals surface area contributed by atoms with Crippen LogP contribution in [0, 0.1) is 0 Å². The molecule has 1 aromatic carbocycles. The van der Waals surface area contributed by atoms with Crippen molar-refractivity contribution in [1.29, 1.82) is 0 Å². The van der Waals surface area contributed by atoms with Gasteiger partial charge in [0, 0.05) is 25.7 Å². The Morgan fingerprint density at radius 1 is 1.03 bits per heavy atom. The van der Waals surface area contributed by atoms with Crippen LogP contribution in [-0.4, -0.2) is 56.8 Å². The summed E-state index contributed by atoms with van der Waals surface area (Å²) in [6.45, 7) is 2.28. The SMILES string of the molecule is COCCOc1ncc2[nH]c(=O)n(Cc3ccc(CN4C5CCC4CC5)cc3)c2n1. The number of nitrogens with one attached hydrogen (secondary N) is 1. The second-order valence-electron chi connectivity index (χ2n) is 8.20. The fraction of sp³-hybridized carbons (Fsp3) is 0.500. The largest absolute Gasteiger partial charge is 0.461 e. The smallest absolute Gasteiger partial charge is 0.328 e. The van der Waals surface area contributed by atoms with Gasteiger partial charge in [0.15, 0.2) is 5.65 Å². The fourth-order valence-corrected chi connectivity index (χ4v) is 4.78. The van der Waals surface area contributed by atoms with E-state index < -0.39 is 0 Å². The third-order valence-corrected chi connectivity index (χ3v) is 6.34. The molecule has 2 bridgehead atoms. The first-order valence-electron chi connectivity index (χ1n) is 10.6. The highest BCUT2D eigenvalue weighted by atomic mass is 16.5. The van der Waals surface area contributed by atoms with Crippen LogP contribution in [0.5, 0.6) is 6.01 Å². The Morgan fingerprint density at radius 2 is 1.70 bits per heavy atom. The van der Waals surface area contributed by atoms with Crippen LogP contribution in [0.2, 0.25) is 0 Å². The number of benzene rings is 1. The molecule has 0 radical (unpaired) electrons. The Kier molecular flexibility index (Phi) is 5.26. The highest BCUT2D eigenvalue weighted by Gasteiger charge is 2.38. The van der Waals surface area contributed by atoms with E-state index >= 15 is 0 Å². The first-order chi connectivity index (χ1) is 14.7. The monoisotopic (exact) mass is 409 g/mol. The molecule has 1 N–H and O–H groups in total. The number of hydrogen-bond acceptors (Lipinski definition) is 6. The highest BCUT2D eigenvalue weighted by molar-refractivity contribution is 5.69. The molecule has 30 heavy (non-hydrogen) atoms. The third kappa shape index (κ3) is 3.73. The molecular formula is C22H27N5O3. The van der Waals surface area contributed by atoms with Crippen molar-refractivity contribution in [2.75, 3.05) is 20.3 Å². The minimum atomic E-state index is -0.203. The zero-order valence-electron chi connectivity index (χ0n) is 17.2. The number of hydrogen-bond donors (Lipinski definition) is 1. The fourth-order valence-electron chi connectivity index (χ4n) is 4.78. The number of rotatable bonds is 8. The van der Waals surface area contributed by atoms with Crippen molar-refractivity contribution >= 4 is 11.2 Å². The van der Waals surface area contributed by atoms with Crippen molar-refractivity contribution in [2.45, 2.75) is 50.9 Å². The van der Waals surface area contributed by atoms with Gasteiger partial charge >= 0.3 is 11.7 Å². The number of imidazole rings is 1. The normalized spacial score (nSPS) is 21.0. The van der Waals surface area contributed by atoms with Gasteiger partial charge < -0.3 is 14.5 Å². The standard InChI is InChI=1S/C22H27N5O3/c1-29-10-11-30-21-23-12-19-20(25-21)27(22(28)24-19)14-16-4-2-15(3-5-16)13-26-17-6-7-18(26)9-8-17/h2-5,12,17-18H,6-11,13-14H2,1H3,(H,24,28). The zero-order chi connectivity index (χ0) is 20.5. The summed E-state index contributed by atoms with van der Waals surface area (Å²) < 4.78 is 12.1. The van der Waals surface area contributed by atoms with E-state index in [9.17, 15) is 4.79 Å². The molecular weight excluding hydrogens is 382 g/mol. The molecule has 0 amide bonds. The lowest BCUT2D eigenvalue weighted by Gasteiger charge is -2.21. The second-order valence-corrected chi connectivity index (χ2v) is 8.20. The molecule has 0 aliphatic carbocycles. The minimum Gasteiger partial charge on any atom is -0.461 e. The summed E-state index contributed by atoms with van der Waals surface area (Å²) in [7, 11) is 1.61. The maximum absolute atomic E-state index is 12.5. The van der Waals surface area contributed by atoms with Crippen LogP contribution in [0.4, 0.5) is 0 Å². The molecule has 2 fully saturated rings. The van der Waals surface area contributed by atoms with E-state index in [4.69, 9.17) is 9.47 Å². The first-order valence-corrected chi connectivity index (χ1v) is 10.6. The van der Waals surface area contributed by atoms with E-state index in [1.165, 1.54) is 31.2 Å². The van der Waals surface area contributed by atoms with Crippen molar-refractivity contribution in [3.05, 3.63) is 52.1 Å². The average molecular weight is 409 g/mol. The van der Waals surface area contributed by atoms with Gasteiger partial charge in [-0.1, -0.05) is 24.3 Å². The Balaban J connectivity index is 1.31. The van der Waals surface area contributed by atoms with Gasteiger partial charge in [0.2, 0.25) is 0 Å². The molecule has 8 nitrogen and oxygen atoms in total. The Hall–Kier alpha value is -2.71. The Morgan fingerprint density at radius 3 is 2.37 bits per heavy atom. The Labute approximate surface area is 174 Å². The second kappa shape index (κ2) is 8.20. The number of methoxy groups -OCH3 is 1. The van der Waals surface area contributed by atoms with E-state index in [1.807, 2.05) is 0 Å². The molecule has 2 aliphatic heterocycles. The van der Waals surface area contributed by atoms with Gasteiger partial charge in [-0.3, -0.25) is 9.47 Å². The van der Waals surface area contributed by atoms with Gasteiger partial charge in [0.1, 0.15) is 12.1 Å². The van der Waals surface area contributed by atoms with Crippen molar-refractivity contribution in [1.82, 2.24) is 24.4 Å². The molecule has 0 spiro atoms. The van der Waals surface area contributed by atoms with E-state index in [2.05, 4.69) is 44.1 Å². The first kappa shape index (κ1) is 19.3. The number of fused-ring (bicyclic) bond motifs is 3. The van der Waals surface area contributed by atoms with Crippen LogP contribution in [0.25, 0.3) is 11.2 Å². The molecule has 158 valence electrons. The maximum atomic E-state index is 12.5. The predicted octanol–water partition coefficient (Wildman–Crippen LogP) is 2.32. The van der Waals surface area contributed by atoms with Crippen molar-refractivity contribution in [3.8, 4) is 6.01 Å². The molecule has 8 heteroatoms. The Bertz CT molecular complexity index is 1050. The van der Waals surface area contributed by atoms with Crippen LogP contribution >= 0.6 is 0 Å². The van der Waals surface area contributed by atoms with Gasteiger partial charge in [-0.2, -0.15) is 4.98 Å². The highest BCUT2D eigenvalue weighted by Crippen LogP contribution is 2.38. The number of aromatic nitrogens is 4. The van der Waals surface area contributed by atoms with E-state index in [0.29, 0.717) is 30.9 Å². The summed E-state index contributed by atoms with van der Waals surface area (Å²) in [6.07, 6.45) is 6.99. The zero-order valence-corrected chi connectivity index (χ0v) is 17.2. The predicted molar refractivity (Wildman–Crippen MR) is 113 cm³/mol. The molecule has 5 rings (SSSR count). The van der Waals surface area contributed by atoms with Gasteiger partial charge in [0.25, 0.3) is 0 Å². The van der Waals surface area contributed by atoms with Crippen LogP contribution < -0.4 is 10.4 Å². The maximum Gasteiger partial charge on any atom is 0.328 e. The van der Waals surface area contributed by atoms with E-state index in [0.717, 1.165) is 24.2 Å². The van der Waals surface area contributed by atoms with Crippen LogP contribution in [0.3, 0.4) is 0 Å². The van der Waals surface area contributed by atoms with Crippen molar-refractivity contribution in [3.63, 3.8) is 0 Å². The third-order valence-electron chi connectivity index (χ3n) is 6.34. The summed E-state index contributed by atoms with van der Waals surface area (Å²) >= 11 is 0. The summed E-state index contributed by atoms with van der Waals surface area (Å²) in [5.41, 5.74) is 3.33. The molecule has 2 saturated heterocycles. The molecule has 4 heterocycles. The number of aromatic amines is 1. The summed E-state index contributed by atoms with van der Waals surface area (Å²) in [5, 5.41) is 0. The van der Waals surface area contributed by atoms with Gasteiger partial charge in [-0.25, -0.2) is 9.78 Å². The van der Waals surface area contributed by atoms with Crippen molar-refractivity contribution < 1.29 is 9.47 Å². The number of ether oxygens (including phenoxy) is 2. The van der Waals surface area contributed by atoms with Crippen LogP contribution in [0.15, 0.2) is 35.3 Å². The lowest BCUT2D eigenvalue weighted by Crippen LogP contribution is -2.27. The summed E-state index contributed by atoms with van der Waals surface area (Å²) in [4.78, 5) is 26.5. The van der Waals surface area contributed by atoms with Crippen molar-refractivity contribution in [2.24, 2.45) is 0 Å². The van der Waals surface area contributed by atoms with Gasteiger partial charge in [-0.15, -0.1) is 0 Å². The number of H-pyrrole nitrogens is 1.